The minimum atomic E-state index is -3.75. The Morgan fingerprint density at radius 2 is 2.18 bits per heavy atom. The summed E-state index contributed by atoms with van der Waals surface area (Å²) in [6.45, 7) is 0. The van der Waals surface area contributed by atoms with E-state index in [2.05, 4.69) is 0 Å². The number of carbonyl (C=O) groups excluding carboxylic acids is 1. The Hall–Kier alpha value is -0.0400. The van der Waals surface area contributed by atoms with E-state index in [0.717, 1.165) is 17.8 Å². The Kier molecular flexibility index (Phi) is 2.29. The molecule has 1 aliphatic heterocycles. The maximum Gasteiger partial charge on any atom is 0.244 e. The highest BCUT2D eigenvalue weighted by Gasteiger charge is 2.29. The van der Waals surface area contributed by atoms with Crippen molar-refractivity contribution in [2.75, 3.05) is 0 Å². The number of rotatable bonds is 1. The monoisotopic (exact) mass is 213 g/mol. The van der Waals surface area contributed by atoms with Crippen LogP contribution < -0.4 is 5.14 Å². The summed E-state index contributed by atoms with van der Waals surface area (Å²) in [6.07, 6.45) is 0.942. The SMILES string of the molecule is NS(=O)(=O)C1=CC(=O)C(Cl)S1. The minimum absolute atomic E-state index is 0.164. The molecule has 1 atom stereocenters. The predicted octanol–water partition coefficient (Wildman–Crippen LogP) is -0.00290. The lowest BCUT2D eigenvalue weighted by atomic mass is 10.4. The molecule has 1 unspecified atom stereocenters. The molecule has 0 amide bonds. The van der Waals surface area contributed by atoms with Gasteiger partial charge in [-0.15, -0.1) is 11.6 Å². The molecule has 0 aromatic heterocycles. The fraction of sp³-hybridized carbons (Fsp3) is 0.250. The number of primary sulfonamides is 1. The normalized spacial score (nSPS) is 25.5. The molecule has 4 nitrogen and oxygen atoms in total. The van der Waals surface area contributed by atoms with Crippen molar-refractivity contribution in [1.29, 1.82) is 0 Å². The van der Waals surface area contributed by atoms with E-state index in [4.69, 9.17) is 16.7 Å². The molecule has 0 aliphatic carbocycles. The molecule has 0 saturated heterocycles. The van der Waals surface area contributed by atoms with Crippen molar-refractivity contribution in [2.45, 2.75) is 4.71 Å². The molecule has 62 valence electrons. The van der Waals surface area contributed by atoms with Crippen LogP contribution in [-0.2, 0) is 14.8 Å². The quantitative estimate of drug-likeness (QED) is 0.622. The summed E-state index contributed by atoms with van der Waals surface area (Å²) >= 11 is 6.15. The van der Waals surface area contributed by atoms with E-state index >= 15 is 0 Å². The van der Waals surface area contributed by atoms with Gasteiger partial charge >= 0.3 is 0 Å². The number of sulfonamides is 1. The van der Waals surface area contributed by atoms with Crippen molar-refractivity contribution in [3.63, 3.8) is 0 Å². The van der Waals surface area contributed by atoms with Gasteiger partial charge in [0.15, 0.2) is 5.78 Å². The number of allylic oxidation sites excluding steroid dienone is 1. The Bertz CT molecular complexity index is 320. The molecular formula is C4H4ClNO3S2. The first-order valence-corrected chi connectivity index (χ1v) is 5.36. The molecule has 0 saturated carbocycles. The van der Waals surface area contributed by atoms with E-state index in [9.17, 15) is 13.2 Å². The molecule has 1 heterocycles. The van der Waals surface area contributed by atoms with Gasteiger partial charge in [0, 0.05) is 6.08 Å². The Morgan fingerprint density at radius 3 is 2.36 bits per heavy atom. The fourth-order valence-electron chi connectivity index (χ4n) is 0.525. The van der Waals surface area contributed by atoms with Crippen molar-refractivity contribution in [3.8, 4) is 0 Å². The van der Waals surface area contributed by atoms with E-state index in [0.29, 0.717) is 0 Å². The lowest BCUT2D eigenvalue weighted by Crippen LogP contribution is -2.11. The average Bonchev–Trinajstić information content (AvgIpc) is 2.11. The fourth-order valence-corrected chi connectivity index (χ4v) is 2.71. The summed E-state index contributed by atoms with van der Waals surface area (Å²) in [7, 11) is -3.75. The number of alkyl halides is 1. The summed E-state index contributed by atoms with van der Waals surface area (Å²) in [5.41, 5.74) is 0. The van der Waals surface area contributed by atoms with Crippen LogP contribution in [0.1, 0.15) is 0 Å². The summed E-state index contributed by atoms with van der Waals surface area (Å²) in [4.78, 5) is 10.7. The molecule has 1 aliphatic rings. The van der Waals surface area contributed by atoms with Gasteiger partial charge in [0.25, 0.3) is 0 Å². The highest BCUT2D eigenvalue weighted by molar-refractivity contribution is 8.19. The van der Waals surface area contributed by atoms with Gasteiger partial charge in [-0.2, -0.15) is 0 Å². The molecular weight excluding hydrogens is 210 g/mol. The maximum atomic E-state index is 10.7. The third-order valence-electron chi connectivity index (χ3n) is 0.984. The van der Waals surface area contributed by atoms with Crippen molar-refractivity contribution >= 4 is 39.2 Å². The van der Waals surface area contributed by atoms with Crippen LogP contribution in [0.2, 0.25) is 0 Å². The van der Waals surface area contributed by atoms with Gasteiger partial charge in [0.2, 0.25) is 10.0 Å². The van der Waals surface area contributed by atoms with Gasteiger partial charge in [-0.05, 0) is 0 Å². The van der Waals surface area contributed by atoms with Crippen LogP contribution in [0.15, 0.2) is 10.3 Å². The van der Waals surface area contributed by atoms with E-state index in [-0.39, 0.29) is 4.24 Å². The van der Waals surface area contributed by atoms with Crippen LogP contribution in [0.3, 0.4) is 0 Å². The van der Waals surface area contributed by atoms with E-state index in [1.807, 2.05) is 0 Å². The van der Waals surface area contributed by atoms with E-state index in [1.165, 1.54) is 0 Å². The predicted molar refractivity (Wildman–Crippen MR) is 43.4 cm³/mol. The molecule has 0 aromatic rings. The lowest BCUT2D eigenvalue weighted by molar-refractivity contribution is -0.112. The molecule has 2 N–H and O–H groups in total. The number of halogens is 1. The van der Waals surface area contributed by atoms with Gasteiger partial charge in [-0.3, -0.25) is 4.79 Å². The molecule has 0 radical (unpaired) electrons. The summed E-state index contributed by atoms with van der Waals surface area (Å²) in [5.74, 6) is -0.430. The smallest absolute Gasteiger partial charge is 0.244 e. The second-order valence-electron chi connectivity index (χ2n) is 1.84. The van der Waals surface area contributed by atoms with Crippen LogP contribution in [0.5, 0.6) is 0 Å². The second kappa shape index (κ2) is 2.78. The number of nitrogens with two attached hydrogens (primary N) is 1. The van der Waals surface area contributed by atoms with Crippen molar-refractivity contribution < 1.29 is 13.2 Å². The zero-order valence-electron chi connectivity index (χ0n) is 5.15. The summed E-state index contributed by atoms with van der Waals surface area (Å²) in [6, 6.07) is 0. The highest BCUT2D eigenvalue weighted by Crippen LogP contribution is 2.34. The van der Waals surface area contributed by atoms with Crippen molar-refractivity contribution in [2.24, 2.45) is 5.14 Å². The Labute approximate surface area is 72.8 Å². The van der Waals surface area contributed by atoms with Crippen LogP contribution in [0.4, 0.5) is 0 Å². The molecule has 11 heavy (non-hydrogen) atoms. The molecule has 0 bridgehead atoms. The number of ketones is 1. The maximum absolute atomic E-state index is 10.7. The van der Waals surface area contributed by atoms with Gasteiger partial charge in [-0.25, -0.2) is 13.6 Å². The number of hydrogen-bond donors (Lipinski definition) is 1. The minimum Gasteiger partial charge on any atom is -0.292 e. The summed E-state index contributed by atoms with van der Waals surface area (Å²) in [5, 5.41) is 4.74. The first kappa shape index (κ1) is 9.05. The van der Waals surface area contributed by atoms with E-state index < -0.39 is 20.5 Å². The third-order valence-corrected chi connectivity index (χ3v) is 3.92. The largest absolute Gasteiger partial charge is 0.292 e. The standard InChI is InChI=1S/C4H4ClNO3S2/c5-4-2(7)1-3(10-4)11(6,8)9/h1,4H,(H2,6,8,9). The van der Waals surface area contributed by atoms with E-state index in [1.54, 1.807) is 0 Å². The first-order chi connectivity index (χ1) is 4.91. The zero-order chi connectivity index (χ0) is 8.65. The number of thioether (sulfide) groups is 1. The highest BCUT2D eigenvalue weighted by atomic mass is 35.5. The second-order valence-corrected chi connectivity index (χ2v) is 5.48. The topological polar surface area (TPSA) is 77.2 Å². The van der Waals surface area contributed by atoms with Gasteiger partial charge < -0.3 is 0 Å². The van der Waals surface area contributed by atoms with Crippen LogP contribution in [-0.4, -0.2) is 18.9 Å². The first-order valence-electron chi connectivity index (χ1n) is 2.50. The third kappa shape index (κ3) is 1.96. The molecule has 1 rings (SSSR count). The van der Waals surface area contributed by atoms with Gasteiger partial charge in [-0.1, -0.05) is 11.8 Å². The number of carbonyl (C=O) groups is 1. The van der Waals surface area contributed by atoms with Crippen LogP contribution >= 0.6 is 23.4 Å². The Balaban J connectivity index is 2.98. The van der Waals surface area contributed by atoms with Gasteiger partial charge in [0.1, 0.15) is 8.95 Å². The molecule has 0 aromatic carbocycles. The van der Waals surface area contributed by atoms with Crippen molar-refractivity contribution in [3.05, 3.63) is 10.3 Å². The Morgan fingerprint density at radius 1 is 1.64 bits per heavy atom. The zero-order valence-corrected chi connectivity index (χ0v) is 7.54. The van der Waals surface area contributed by atoms with Crippen LogP contribution in [0.25, 0.3) is 0 Å². The molecule has 0 fully saturated rings. The lowest BCUT2D eigenvalue weighted by Gasteiger charge is -1.96. The average molecular weight is 214 g/mol. The summed E-state index contributed by atoms with van der Waals surface area (Å²) < 4.78 is 20.2. The van der Waals surface area contributed by atoms with Gasteiger partial charge in [0.05, 0.1) is 0 Å². The number of hydrogen-bond acceptors (Lipinski definition) is 4. The molecule has 7 heteroatoms. The van der Waals surface area contributed by atoms with Crippen molar-refractivity contribution in [1.82, 2.24) is 0 Å². The molecule has 0 spiro atoms. The van der Waals surface area contributed by atoms with Crippen LogP contribution in [0, 0.1) is 0 Å².